The predicted octanol–water partition coefficient (Wildman–Crippen LogP) is 0.823. The van der Waals surface area contributed by atoms with Gasteiger partial charge in [-0.3, -0.25) is 4.57 Å². The van der Waals surface area contributed by atoms with Gasteiger partial charge in [0.1, 0.15) is 18.5 Å². The van der Waals surface area contributed by atoms with Gasteiger partial charge in [0.05, 0.1) is 12.4 Å². The predicted molar refractivity (Wildman–Crippen MR) is 90.6 cm³/mol. The van der Waals surface area contributed by atoms with Gasteiger partial charge in [-0.1, -0.05) is 12.8 Å². The first kappa shape index (κ1) is 16.3. The first-order valence-electron chi connectivity index (χ1n) is 8.58. The SMILES string of the molecule is C#CC[C@H]1O[C@@H](n2cnc3c(NC4CCCC4)ncnc32)C(O)[C@@H]1O. The molecular formula is C17H21N5O3. The number of fused-ring (bicyclic) bond motifs is 1. The minimum atomic E-state index is -1.10. The van der Waals surface area contributed by atoms with E-state index in [-0.39, 0.29) is 6.42 Å². The maximum absolute atomic E-state index is 10.3. The minimum absolute atomic E-state index is 0.227. The normalized spacial score (nSPS) is 30.0. The Kier molecular flexibility index (Phi) is 4.29. The average molecular weight is 343 g/mol. The van der Waals surface area contributed by atoms with Crippen LogP contribution in [0.25, 0.3) is 11.2 Å². The molecule has 4 rings (SSSR count). The molecule has 2 fully saturated rings. The highest BCUT2D eigenvalue weighted by molar-refractivity contribution is 5.82. The van der Waals surface area contributed by atoms with Gasteiger partial charge in [-0.25, -0.2) is 15.0 Å². The van der Waals surface area contributed by atoms with Gasteiger partial charge in [0, 0.05) is 12.5 Å². The molecule has 0 amide bonds. The van der Waals surface area contributed by atoms with E-state index in [1.165, 1.54) is 19.2 Å². The third-order valence-corrected chi connectivity index (χ3v) is 4.99. The molecule has 1 aliphatic heterocycles. The van der Waals surface area contributed by atoms with Crippen LogP contribution in [0.5, 0.6) is 0 Å². The average Bonchev–Trinajstić information content (AvgIpc) is 3.32. The first-order chi connectivity index (χ1) is 12.2. The lowest BCUT2D eigenvalue weighted by Crippen LogP contribution is -2.31. The van der Waals surface area contributed by atoms with Crippen molar-refractivity contribution in [2.75, 3.05) is 5.32 Å². The van der Waals surface area contributed by atoms with Crippen LogP contribution in [0, 0.1) is 12.3 Å². The molecule has 8 heteroatoms. The molecular weight excluding hydrogens is 322 g/mol. The maximum Gasteiger partial charge on any atom is 0.167 e. The molecule has 0 bridgehead atoms. The molecule has 1 aliphatic carbocycles. The standard InChI is InChI=1S/C17H21N5O3/c1-2-5-11-13(23)14(24)17(25-11)22-9-20-12-15(18-8-19-16(12)22)21-10-6-3-4-7-10/h1,8-11,13-14,17,23-24H,3-7H2,(H,18,19,21)/t11-,13-,14?,17-/m1/s1. The quantitative estimate of drug-likeness (QED) is 0.706. The fraction of sp³-hybridized carbons (Fsp3) is 0.588. The largest absolute Gasteiger partial charge is 0.387 e. The van der Waals surface area contributed by atoms with Crippen molar-refractivity contribution in [3.8, 4) is 12.3 Å². The molecule has 4 atom stereocenters. The van der Waals surface area contributed by atoms with E-state index in [0.29, 0.717) is 23.0 Å². The lowest BCUT2D eigenvalue weighted by atomic mass is 10.1. The molecule has 3 heterocycles. The fourth-order valence-corrected chi connectivity index (χ4v) is 3.65. The molecule has 0 spiro atoms. The molecule has 132 valence electrons. The second-order valence-corrected chi connectivity index (χ2v) is 6.63. The van der Waals surface area contributed by atoms with Crippen LogP contribution in [0.1, 0.15) is 38.3 Å². The van der Waals surface area contributed by atoms with Crippen molar-refractivity contribution in [3.05, 3.63) is 12.7 Å². The molecule has 3 N–H and O–H groups in total. The van der Waals surface area contributed by atoms with Crippen molar-refractivity contribution in [1.82, 2.24) is 19.5 Å². The Bertz CT molecular complexity index is 795. The van der Waals surface area contributed by atoms with Crippen LogP contribution in [0.4, 0.5) is 5.82 Å². The van der Waals surface area contributed by atoms with Crippen LogP contribution in [0.15, 0.2) is 12.7 Å². The number of ether oxygens (including phenoxy) is 1. The number of nitrogens with zero attached hydrogens (tertiary/aromatic N) is 4. The van der Waals surface area contributed by atoms with Crippen molar-refractivity contribution >= 4 is 17.0 Å². The molecule has 1 saturated carbocycles. The summed E-state index contributed by atoms with van der Waals surface area (Å²) in [6, 6.07) is 0.401. The summed E-state index contributed by atoms with van der Waals surface area (Å²) in [5.74, 6) is 3.14. The van der Waals surface area contributed by atoms with E-state index >= 15 is 0 Å². The lowest BCUT2D eigenvalue weighted by Gasteiger charge is -2.17. The number of aliphatic hydroxyl groups is 2. The number of aliphatic hydroxyl groups excluding tert-OH is 2. The van der Waals surface area contributed by atoms with Gasteiger partial charge in [-0.15, -0.1) is 12.3 Å². The van der Waals surface area contributed by atoms with E-state index in [9.17, 15) is 10.2 Å². The summed E-state index contributed by atoms with van der Waals surface area (Å²) in [4.78, 5) is 13.0. The summed E-state index contributed by atoms with van der Waals surface area (Å²) in [5.41, 5.74) is 1.17. The van der Waals surface area contributed by atoms with Crippen molar-refractivity contribution in [3.63, 3.8) is 0 Å². The van der Waals surface area contributed by atoms with Crippen molar-refractivity contribution in [2.45, 2.75) is 62.7 Å². The van der Waals surface area contributed by atoms with E-state index in [1.807, 2.05) is 0 Å². The van der Waals surface area contributed by atoms with Gasteiger partial charge in [0.2, 0.25) is 0 Å². The number of hydrogen-bond acceptors (Lipinski definition) is 7. The van der Waals surface area contributed by atoms with Crippen molar-refractivity contribution < 1.29 is 14.9 Å². The Labute approximate surface area is 145 Å². The molecule has 2 aromatic heterocycles. The molecule has 1 saturated heterocycles. The molecule has 1 unspecified atom stereocenters. The third kappa shape index (κ3) is 2.84. The van der Waals surface area contributed by atoms with E-state index in [4.69, 9.17) is 11.2 Å². The summed E-state index contributed by atoms with van der Waals surface area (Å²) in [7, 11) is 0. The minimum Gasteiger partial charge on any atom is -0.387 e. The molecule has 0 aromatic carbocycles. The Morgan fingerprint density at radius 1 is 1.24 bits per heavy atom. The summed E-state index contributed by atoms with van der Waals surface area (Å²) in [5, 5.41) is 23.9. The number of hydrogen-bond donors (Lipinski definition) is 3. The van der Waals surface area contributed by atoms with Gasteiger partial charge in [-0.2, -0.15) is 0 Å². The summed E-state index contributed by atoms with van der Waals surface area (Å²) in [6.07, 6.45) is 9.69. The Morgan fingerprint density at radius 2 is 2.04 bits per heavy atom. The van der Waals surface area contributed by atoms with Crippen LogP contribution >= 0.6 is 0 Å². The lowest BCUT2D eigenvalue weighted by molar-refractivity contribution is -0.0332. The van der Waals surface area contributed by atoms with Crippen LogP contribution in [-0.4, -0.2) is 54.1 Å². The van der Waals surface area contributed by atoms with E-state index in [0.717, 1.165) is 12.8 Å². The number of rotatable bonds is 4. The van der Waals surface area contributed by atoms with Crippen molar-refractivity contribution in [1.29, 1.82) is 0 Å². The van der Waals surface area contributed by atoms with Gasteiger partial charge in [0.15, 0.2) is 23.2 Å². The Balaban J connectivity index is 1.64. The van der Waals surface area contributed by atoms with Crippen LogP contribution in [0.2, 0.25) is 0 Å². The Morgan fingerprint density at radius 3 is 2.80 bits per heavy atom. The third-order valence-electron chi connectivity index (χ3n) is 4.99. The van der Waals surface area contributed by atoms with Crippen LogP contribution < -0.4 is 5.32 Å². The first-order valence-corrected chi connectivity index (χ1v) is 8.58. The molecule has 2 aliphatic rings. The van der Waals surface area contributed by atoms with Gasteiger partial charge < -0.3 is 20.3 Å². The summed E-state index contributed by atoms with van der Waals surface area (Å²) in [6.45, 7) is 0. The Hall–Kier alpha value is -2.21. The monoisotopic (exact) mass is 343 g/mol. The number of nitrogens with one attached hydrogen (secondary N) is 1. The molecule has 0 radical (unpaired) electrons. The molecule has 25 heavy (non-hydrogen) atoms. The van der Waals surface area contributed by atoms with Gasteiger partial charge in [0.25, 0.3) is 0 Å². The van der Waals surface area contributed by atoms with E-state index < -0.39 is 24.5 Å². The summed E-state index contributed by atoms with van der Waals surface area (Å²) >= 11 is 0. The van der Waals surface area contributed by atoms with Gasteiger partial charge >= 0.3 is 0 Å². The number of aromatic nitrogens is 4. The van der Waals surface area contributed by atoms with E-state index in [2.05, 4.69) is 26.2 Å². The highest BCUT2D eigenvalue weighted by Crippen LogP contribution is 2.33. The zero-order valence-corrected chi connectivity index (χ0v) is 13.7. The van der Waals surface area contributed by atoms with Crippen molar-refractivity contribution in [2.24, 2.45) is 0 Å². The molecule has 8 nitrogen and oxygen atoms in total. The zero-order chi connectivity index (χ0) is 17.4. The summed E-state index contributed by atoms with van der Waals surface area (Å²) < 4.78 is 7.38. The van der Waals surface area contributed by atoms with Crippen LogP contribution in [-0.2, 0) is 4.74 Å². The zero-order valence-electron chi connectivity index (χ0n) is 13.7. The topological polar surface area (TPSA) is 105 Å². The van der Waals surface area contributed by atoms with E-state index in [1.54, 1.807) is 10.9 Å². The maximum atomic E-state index is 10.3. The highest BCUT2D eigenvalue weighted by atomic mass is 16.6. The number of terminal acetylenes is 1. The number of imidazole rings is 1. The second-order valence-electron chi connectivity index (χ2n) is 6.63. The second kappa shape index (κ2) is 6.59. The molecule has 2 aromatic rings. The smallest absolute Gasteiger partial charge is 0.167 e. The fourth-order valence-electron chi connectivity index (χ4n) is 3.65. The van der Waals surface area contributed by atoms with Crippen LogP contribution in [0.3, 0.4) is 0 Å². The highest BCUT2D eigenvalue weighted by Gasteiger charge is 2.43. The van der Waals surface area contributed by atoms with Gasteiger partial charge in [-0.05, 0) is 12.8 Å². The number of anilines is 1.